The number of aliphatic hydroxyl groups excluding tert-OH is 1. The summed E-state index contributed by atoms with van der Waals surface area (Å²) in [7, 11) is 7.40. The van der Waals surface area contributed by atoms with E-state index in [0.717, 1.165) is 78.1 Å². The van der Waals surface area contributed by atoms with Gasteiger partial charge in [0.05, 0.1) is 31.4 Å². The third-order valence-corrected chi connectivity index (χ3v) is 9.02. The number of hydrogen-bond acceptors (Lipinski definition) is 6. The average Bonchev–Trinajstić information content (AvgIpc) is 3.12. The summed E-state index contributed by atoms with van der Waals surface area (Å²) in [4.78, 5) is 12.0. The second-order valence-electron chi connectivity index (χ2n) is 12.5. The molecule has 1 atom stereocenters. The van der Waals surface area contributed by atoms with Gasteiger partial charge in [-0.1, -0.05) is 84.9 Å². The summed E-state index contributed by atoms with van der Waals surface area (Å²) in [5, 5.41) is 15.7. The molecule has 6 nitrogen and oxygen atoms in total. The second kappa shape index (κ2) is 13.4. The molecule has 5 aromatic carbocycles. The Labute approximate surface area is 281 Å². The molecule has 2 aromatic heterocycles. The lowest BCUT2D eigenvalue weighted by Gasteiger charge is -2.24. The maximum atomic E-state index is 11.4. The van der Waals surface area contributed by atoms with Gasteiger partial charge in [-0.3, -0.25) is 0 Å². The molecule has 0 saturated carbocycles. The molecule has 7 rings (SSSR count). The molecule has 0 fully saturated rings. The summed E-state index contributed by atoms with van der Waals surface area (Å²) in [6.45, 7) is 0.791. The highest BCUT2D eigenvalue weighted by molar-refractivity contribution is 6.03. The van der Waals surface area contributed by atoms with Gasteiger partial charge in [-0.05, 0) is 96.8 Å². The fraction of sp³-hybridized carbons (Fsp3) is 0.190. The van der Waals surface area contributed by atoms with Crippen LogP contribution in [0.25, 0.3) is 66.0 Å². The summed E-state index contributed by atoms with van der Waals surface area (Å²) in [6.07, 6.45) is 0.614. The van der Waals surface area contributed by atoms with Crippen LogP contribution >= 0.6 is 0 Å². The molecule has 0 saturated heterocycles. The fourth-order valence-electron chi connectivity index (χ4n) is 6.64. The molecule has 1 N–H and O–H groups in total. The van der Waals surface area contributed by atoms with E-state index in [0.29, 0.717) is 24.6 Å². The predicted molar refractivity (Wildman–Crippen MR) is 197 cm³/mol. The average molecular weight is 634 g/mol. The molecule has 1 unspecified atom stereocenters. The van der Waals surface area contributed by atoms with E-state index < -0.39 is 6.10 Å². The molecule has 240 valence electrons. The van der Waals surface area contributed by atoms with Crippen molar-refractivity contribution in [3.05, 3.63) is 121 Å². The zero-order chi connectivity index (χ0) is 33.2. The van der Waals surface area contributed by atoms with Crippen molar-refractivity contribution in [2.75, 3.05) is 34.9 Å². The topological polar surface area (TPSA) is 67.7 Å². The van der Waals surface area contributed by atoms with Crippen molar-refractivity contribution in [3.8, 4) is 45.1 Å². The van der Waals surface area contributed by atoms with Crippen LogP contribution in [0.3, 0.4) is 0 Å². The molecule has 0 bridgehead atoms. The molecule has 0 spiro atoms. The maximum absolute atomic E-state index is 11.4. The van der Waals surface area contributed by atoms with Crippen LogP contribution < -0.4 is 9.47 Å². The highest BCUT2D eigenvalue weighted by atomic mass is 16.5. The summed E-state index contributed by atoms with van der Waals surface area (Å²) >= 11 is 0. The largest absolute Gasteiger partial charge is 0.481 e. The number of methoxy groups -OCH3 is 2. The number of hydrogen-bond donors (Lipinski definition) is 1. The van der Waals surface area contributed by atoms with Crippen molar-refractivity contribution >= 4 is 32.6 Å². The summed E-state index contributed by atoms with van der Waals surface area (Å²) < 4.78 is 12.0. The van der Waals surface area contributed by atoms with Crippen LogP contribution in [0.5, 0.6) is 11.8 Å². The highest BCUT2D eigenvalue weighted by Crippen LogP contribution is 2.48. The number of para-hydroxylation sites is 2. The minimum Gasteiger partial charge on any atom is -0.481 e. The van der Waals surface area contributed by atoms with Crippen molar-refractivity contribution in [1.82, 2.24) is 14.9 Å². The minimum atomic E-state index is -0.529. The van der Waals surface area contributed by atoms with Crippen LogP contribution in [0.4, 0.5) is 0 Å². The van der Waals surface area contributed by atoms with Crippen molar-refractivity contribution < 1.29 is 14.6 Å². The first kappa shape index (κ1) is 31.3. The van der Waals surface area contributed by atoms with Crippen molar-refractivity contribution in [2.24, 2.45) is 0 Å². The van der Waals surface area contributed by atoms with Gasteiger partial charge < -0.3 is 19.5 Å². The van der Waals surface area contributed by atoms with E-state index in [4.69, 9.17) is 19.4 Å². The van der Waals surface area contributed by atoms with Gasteiger partial charge >= 0.3 is 0 Å². The quantitative estimate of drug-likeness (QED) is 0.162. The maximum Gasteiger partial charge on any atom is 0.221 e. The first-order chi connectivity index (χ1) is 23.4. The Kier molecular flexibility index (Phi) is 8.76. The van der Waals surface area contributed by atoms with Crippen LogP contribution in [0.1, 0.15) is 12.0 Å². The number of nitrogens with zero attached hydrogens (tertiary/aromatic N) is 3. The molecule has 0 aliphatic heterocycles. The molecule has 0 amide bonds. The van der Waals surface area contributed by atoms with Crippen molar-refractivity contribution in [1.29, 1.82) is 0 Å². The van der Waals surface area contributed by atoms with E-state index in [2.05, 4.69) is 83.8 Å². The van der Waals surface area contributed by atoms with Crippen LogP contribution in [-0.4, -0.2) is 60.9 Å². The number of fused-ring (bicyclic) bond motifs is 3. The number of aromatic nitrogens is 2. The molecule has 48 heavy (non-hydrogen) atoms. The first-order valence-electron chi connectivity index (χ1n) is 16.3. The van der Waals surface area contributed by atoms with E-state index in [9.17, 15) is 5.11 Å². The Morgan fingerprint density at radius 1 is 0.604 bits per heavy atom. The zero-order valence-electron chi connectivity index (χ0n) is 27.8. The monoisotopic (exact) mass is 633 g/mol. The number of aliphatic hydroxyl groups is 1. The van der Waals surface area contributed by atoms with E-state index in [-0.39, 0.29) is 0 Å². The van der Waals surface area contributed by atoms with Gasteiger partial charge in [-0.25, -0.2) is 9.97 Å². The number of pyridine rings is 2. The molecule has 0 aliphatic rings. The summed E-state index contributed by atoms with van der Waals surface area (Å²) in [5.41, 5.74) is 8.43. The molecular formula is C42H39N3O3. The standard InChI is InChI=1S/C42H39N3O3/c1-45(2)22-21-33(46)24-32-19-20-34(35-25-29-13-7-9-15-37(29)43-41(35)47-3)40(36-26-30-14-8-10-16-38(30)44-42(36)48-4)39(32)31-18-17-27-11-5-6-12-28(27)23-31/h5-20,23,25-26,33,46H,21-22,24H2,1-4H3. The zero-order valence-corrected chi connectivity index (χ0v) is 27.8. The van der Waals surface area contributed by atoms with E-state index in [1.165, 1.54) is 0 Å². The molecule has 6 heteroatoms. The minimum absolute atomic E-state index is 0.486. The van der Waals surface area contributed by atoms with E-state index in [1.54, 1.807) is 14.2 Å². The normalized spacial score (nSPS) is 12.2. The SMILES string of the molecule is COc1nc2ccccc2cc1-c1ccc(CC(O)CCN(C)C)c(-c2ccc3ccccc3c2)c1-c1cc2ccccc2nc1OC. The van der Waals surface area contributed by atoms with Crippen LogP contribution in [0, 0.1) is 0 Å². The molecular weight excluding hydrogens is 594 g/mol. The lowest BCUT2D eigenvalue weighted by Crippen LogP contribution is -2.21. The fourth-order valence-corrected chi connectivity index (χ4v) is 6.64. The van der Waals surface area contributed by atoms with Crippen molar-refractivity contribution in [2.45, 2.75) is 18.9 Å². The van der Waals surface area contributed by atoms with Crippen LogP contribution in [-0.2, 0) is 6.42 Å². The highest BCUT2D eigenvalue weighted by Gasteiger charge is 2.25. The third-order valence-electron chi connectivity index (χ3n) is 9.02. The Balaban J connectivity index is 1.59. The third kappa shape index (κ3) is 6.08. The van der Waals surface area contributed by atoms with Crippen LogP contribution in [0.2, 0.25) is 0 Å². The van der Waals surface area contributed by atoms with Gasteiger partial charge in [0.1, 0.15) is 0 Å². The second-order valence-corrected chi connectivity index (χ2v) is 12.5. The molecule has 7 aromatic rings. The summed E-state index contributed by atoms with van der Waals surface area (Å²) in [5.74, 6) is 1.06. The first-order valence-corrected chi connectivity index (χ1v) is 16.3. The number of rotatable bonds is 10. The lowest BCUT2D eigenvalue weighted by atomic mass is 9.82. The van der Waals surface area contributed by atoms with Gasteiger partial charge in [0.2, 0.25) is 11.8 Å². The van der Waals surface area contributed by atoms with Crippen molar-refractivity contribution in [3.63, 3.8) is 0 Å². The van der Waals surface area contributed by atoms with Gasteiger partial charge in [0.15, 0.2) is 0 Å². The van der Waals surface area contributed by atoms with Gasteiger partial charge in [-0.15, -0.1) is 0 Å². The Bertz CT molecular complexity index is 2260. The van der Waals surface area contributed by atoms with Crippen LogP contribution in [0.15, 0.2) is 115 Å². The van der Waals surface area contributed by atoms with E-state index in [1.807, 2.05) is 50.5 Å². The Morgan fingerprint density at radius 2 is 1.19 bits per heavy atom. The molecule has 0 aliphatic carbocycles. The number of benzene rings is 5. The van der Waals surface area contributed by atoms with E-state index >= 15 is 0 Å². The number of ether oxygens (including phenoxy) is 2. The molecule has 0 radical (unpaired) electrons. The van der Waals surface area contributed by atoms with Gasteiger partial charge in [-0.2, -0.15) is 0 Å². The van der Waals surface area contributed by atoms with Gasteiger partial charge in [0.25, 0.3) is 0 Å². The lowest BCUT2D eigenvalue weighted by molar-refractivity contribution is 0.152. The Morgan fingerprint density at radius 3 is 1.83 bits per heavy atom. The molecule has 2 heterocycles. The smallest absolute Gasteiger partial charge is 0.221 e. The predicted octanol–water partition coefficient (Wildman–Crippen LogP) is 8.81. The van der Waals surface area contributed by atoms with Gasteiger partial charge in [0, 0.05) is 27.5 Å². The summed E-state index contributed by atoms with van der Waals surface area (Å²) in [6, 6.07) is 39.8. The Hall–Kier alpha value is -5.30.